The maximum Gasteiger partial charge on any atom is 0.311 e. The molecule has 148 valence electrons. The van der Waals surface area contributed by atoms with E-state index < -0.39 is 0 Å². The molecule has 28 heavy (non-hydrogen) atoms. The minimum Gasteiger partial charge on any atom is -0.466 e. The summed E-state index contributed by atoms with van der Waals surface area (Å²) in [7, 11) is 0. The first kappa shape index (κ1) is 18.8. The molecule has 3 amide bonds. The quantitative estimate of drug-likeness (QED) is 0.419. The van der Waals surface area contributed by atoms with Crippen LogP contribution in [-0.2, 0) is 30.3 Å². The number of rotatable bonds is 7. The van der Waals surface area contributed by atoms with Gasteiger partial charge in [0.2, 0.25) is 17.7 Å². The van der Waals surface area contributed by atoms with Crippen LogP contribution in [0.4, 0.5) is 5.13 Å². The highest BCUT2D eigenvalue weighted by Gasteiger charge is 2.59. The molecule has 0 aromatic carbocycles. The Morgan fingerprint density at radius 3 is 2.57 bits per heavy atom. The molecule has 4 rings (SSSR count). The highest BCUT2D eigenvalue weighted by molar-refractivity contribution is 7.13. The van der Waals surface area contributed by atoms with Crippen LogP contribution in [0, 0.1) is 23.7 Å². The fourth-order valence-electron chi connectivity index (χ4n) is 4.39. The number of allylic oxidation sites excluding steroid dienone is 2. The molecule has 0 spiro atoms. The summed E-state index contributed by atoms with van der Waals surface area (Å²) < 4.78 is 4.87. The number of likely N-dealkylation sites (tertiary alicyclic amines) is 1. The largest absolute Gasteiger partial charge is 0.466 e. The standard InChI is InChI=1S/C19H21N3O5S/c1-2-27-14(24)8-12-9-28-19(20-12)21-13(23)5-6-22-17(25)15-10-3-4-11(7-10)16(15)18(22)26/h3-4,9-11,15-16H,2,5-8H2,1H3,(H,20,21,23). The van der Waals surface area contributed by atoms with Gasteiger partial charge in [0.05, 0.1) is 30.6 Å². The van der Waals surface area contributed by atoms with Crippen LogP contribution in [0.5, 0.6) is 0 Å². The van der Waals surface area contributed by atoms with E-state index in [1.165, 1.54) is 16.2 Å². The van der Waals surface area contributed by atoms with Crippen molar-refractivity contribution in [1.29, 1.82) is 0 Å². The zero-order valence-electron chi connectivity index (χ0n) is 15.4. The molecule has 1 saturated heterocycles. The average molecular weight is 403 g/mol. The Bertz CT molecular complexity index is 834. The van der Waals surface area contributed by atoms with Crippen molar-refractivity contribution >= 4 is 40.2 Å². The van der Waals surface area contributed by atoms with E-state index in [2.05, 4.69) is 10.3 Å². The Balaban J connectivity index is 1.29. The number of anilines is 1. The van der Waals surface area contributed by atoms with Crippen LogP contribution in [0.1, 0.15) is 25.5 Å². The lowest BCUT2D eigenvalue weighted by molar-refractivity contribution is -0.143. The number of carbonyl (C=O) groups excluding carboxylic acids is 4. The number of nitrogens with zero attached hydrogens (tertiary/aromatic N) is 2. The molecule has 3 aliphatic rings. The van der Waals surface area contributed by atoms with Gasteiger partial charge < -0.3 is 10.1 Å². The van der Waals surface area contributed by atoms with E-state index >= 15 is 0 Å². The number of imide groups is 1. The van der Waals surface area contributed by atoms with Crippen molar-refractivity contribution in [2.75, 3.05) is 18.5 Å². The van der Waals surface area contributed by atoms with Crippen LogP contribution in [-0.4, -0.2) is 46.7 Å². The van der Waals surface area contributed by atoms with Gasteiger partial charge in [-0.05, 0) is 25.2 Å². The Hall–Kier alpha value is -2.55. The number of hydrogen-bond donors (Lipinski definition) is 1. The van der Waals surface area contributed by atoms with Crippen LogP contribution in [0.2, 0.25) is 0 Å². The van der Waals surface area contributed by atoms with Gasteiger partial charge in [0.1, 0.15) is 0 Å². The molecule has 1 aliphatic heterocycles. The van der Waals surface area contributed by atoms with Crippen molar-refractivity contribution in [1.82, 2.24) is 9.88 Å². The van der Waals surface area contributed by atoms with Gasteiger partial charge in [0.15, 0.2) is 5.13 Å². The maximum absolute atomic E-state index is 12.6. The average Bonchev–Trinajstić information content (AvgIpc) is 3.40. The number of fused-ring (bicyclic) bond motifs is 5. The molecule has 0 radical (unpaired) electrons. The Morgan fingerprint density at radius 2 is 1.93 bits per heavy atom. The topological polar surface area (TPSA) is 106 Å². The third-order valence-electron chi connectivity index (χ3n) is 5.55. The molecule has 2 bridgehead atoms. The highest BCUT2D eigenvalue weighted by Crippen LogP contribution is 2.52. The molecule has 9 heteroatoms. The van der Waals surface area contributed by atoms with Crippen molar-refractivity contribution in [2.45, 2.75) is 26.2 Å². The molecule has 1 aromatic rings. The summed E-state index contributed by atoms with van der Waals surface area (Å²) in [6, 6.07) is 0. The zero-order valence-corrected chi connectivity index (χ0v) is 16.2. The monoisotopic (exact) mass is 403 g/mol. The minimum atomic E-state index is -0.370. The molecule has 2 heterocycles. The lowest BCUT2D eigenvalue weighted by atomic mass is 9.85. The van der Waals surface area contributed by atoms with Gasteiger partial charge in [0.25, 0.3) is 0 Å². The highest BCUT2D eigenvalue weighted by atomic mass is 32.1. The third-order valence-corrected chi connectivity index (χ3v) is 6.36. The first-order valence-electron chi connectivity index (χ1n) is 9.41. The van der Waals surface area contributed by atoms with Crippen LogP contribution in [0.15, 0.2) is 17.5 Å². The number of thiazole rings is 1. The number of hydrogen-bond acceptors (Lipinski definition) is 7. The first-order valence-corrected chi connectivity index (χ1v) is 10.3. The van der Waals surface area contributed by atoms with Gasteiger partial charge >= 0.3 is 5.97 Å². The lowest BCUT2D eigenvalue weighted by Gasteiger charge is -2.16. The van der Waals surface area contributed by atoms with E-state index in [4.69, 9.17) is 4.74 Å². The third kappa shape index (κ3) is 3.34. The number of esters is 1. The number of aromatic nitrogens is 1. The number of nitrogens with one attached hydrogen (secondary N) is 1. The lowest BCUT2D eigenvalue weighted by Crippen LogP contribution is -2.35. The number of ether oxygens (including phenoxy) is 1. The van der Waals surface area contributed by atoms with E-state index in [0.717, 1.165) is 6.42 Å². The van der Waals surface area contributed by atoms with Crippen LogP contribution < -0.4 is 5.32 Å². The van der Waals surface area contributed by atoms with E-state index in [9.17, 15) is 19.2 Å². The second-order valence-corrected chi connectivity index (χ2v) is 8.11. The molecule has 4 unspecified atom stereocenters. The smallest absolute Gasteiger partial charge is 0.311 e. The van der Waals surface area contributed by atoms with Crippen molar-refractivity contribution in [3.8, 4) is 0 Å². The summed E-state index contributed by atoms with van der Waals surface area (Å²) in [5.41, 5.74) is 0.527. The SMILES string of the molecule is CCOC(=O)Cc1csc(NC(=O)CCN2C(=O)C3C4C=CC(C4)C3C2=O)n1. The Labute approximate surface area is 165 Å². The number of amides is 3. The van der Waals surface area contributed by atoms with Crippen molar-refractivity contribution < 1.29 is 23.9 Å². The Morgan fingerprint density at radius 1 is 1.25 bits per heavy atom. The molecular weight excluding hydrogens is 382 g/mol. The minimum absolute atomic E-state index is 0.0203. The summed E-state index contributed by atoms with van der Waals surface area (Å²) >= 11 is 1.21. The van der Waals surface area contributed by atoms with E-state index in [-0.39, 0.29) is 66.7 Å². The fourth-order valence-corrected chi connectivity index (χ4v) is 5.11. The van der Waals surface area contributed by atoms with Crippen molar-refractivity contribution in [2.24, 2.45) is 23.7 Å². The summed E-state index contributed by atoms with van der Waals surface area (Å²) in [6.45, 7) is 2.12. The summed E-state index contributed by atoms with van der Waals surface area (Å²) in [4.78, 5) is 54.3. The summed E-state index contributed by atoms with van der Waals surface area (Å²) in [5, 5.41) is 4.72. The van der Waals surface area contributed by atoms with Gasteiger partial charge in [-0.25, -0.2) is 4.98 Å². The molecule has 4 atom stereocenters. The number of carbonyl (C=O) groups is 4. The predicted octanol–water partition coefficient (Wildman–Crippen LogP) is 1.38. The Kier molecular flexibility index (Phi) is 5.01. The van der Waals surface area contributed by atoms with Gasteiger partial charge in [-0.3, -0.25) is 24.1 Å². The van der Waals surface area contributed by atoms with Crippen LogP contribution >= 0.6 is 11.3 Å². The fraction of sp³-hybridized carbons (Fsp3) is 0.526. The molecule has 2 fully saturated rings. The van der Waals surface area contributed by atoms with Gasteiger partial charge in [-0.1, -0.05) is 12.2 Å². The van der Waals surface area contributed by atoms with Crippen LogP contribution in [0.3, 0.4) is 0 Å². The molecule has 2 aliphatic carbocycles. The molecular formula is C19H21N3O5S. The van der Waals surface area contributed by atoms with Crippen molar-refractivity contribution in [3.63, 3.8) is 0 Å². The molecule has 1 saturated carbocycles. The summed E-state index contributed by atoms with van der Waals surface area (Å²) in [5.74, 6) is -1.14. The van der Waals surface area contributed by atoms with E-state index in [0.29, 0.717) is 17.4 Å². The van der Waals surface area contributed by atoms with Crippen LogP contribution in [0.25, 0.3) is 0 Å². The van der Waals surface area contributed by atoms with Crippen molar-refractivity contribution in [3.05, 3.63) is 23.2 Å². The second kappa shape index (κ2) is 7.46. The first-order chi connectivity index (χ1) is 13.5. The van der Waals surface area contributed by atoms with E-state index in [1.807, 2.05) is 12.2 Å². The molecule has 8 nitrogen and oxygen atoms in total. The van der Waals surface area contributed by atoms with Gasteiger partial charge in [0, 0.05) is 18.3 Å². The predicted molar refractivity (Wildman–Crippen MR) is 100 cm³/mol. The summed E-state index contributed by atoms with van der Waals surface area (Å²) in [6.07, 6.45) is 5.05. The maximum atomic E-state index is 12.6. The van der Waals surface area contributed by atoms with Gasteiger partial charge in [-0.2, -0.15) is 0 Å². The zero-order chi connectivity index (χ0) is 19.8. The normalized spacial score (nSPS) is 27.4. The molecule has 1 aromatic heterocycles. The van der Waals surface area contributed by atoms with Gasteiger partial charge in [-0.15, -0.1) is 11.3 Å². The molecule has 1 N–H and O–H groups in total. The second-order valence-electron chi connectivity index (χ2n) is 7.25. The van der Waals surface area contributed by atoms with E-state index in [1.54, 1.807) is 12.3 Å².